The minimum Gasteiger partial charge on any atom is -0.379 e. The number of nitrogens with zero attached hydrogens (tertiary/aromatic N) is 1. The van der Waals surface area contributed by atoms with Crippen LogP contribution in [-0.4, -0.2) is 36.2 Å². The van der Waals surface area contributed by atoms with Crippen LogP contribution in [0, 0.1) is 5.92 Å². The zero-order valence-corrected chi connectivity index (χ0v) is 15.8. The Morgan fingerprint density at radius 1 is 1.30 bits per heavy atom. The van der Waals surface area contributed by atoms with E-state index in [2.05, 4.69) is 9.88 Å². The highest BCUT2D eigenvalue weighted by Crippen LogP contribution is 2.36. The van der Waals surface area contributed by atoms with Crippen molar-refractivity contribution in [3.63, 3.8) is 0 Å². The summed E-state index contributed by atoms with van der Waals surface area (Å²) in [5.41, 5.74) is 1.45. The lowest BCUT2D eigenvalue weighted by Gasteiger charge is -2.28. The average molecular weight is 397 g/mol. The van der Waals surface area contributed by atoms with Gasteiger partial charge in [0.2, 0.25) is 5.92 Å². The first kappa shape index (κ1) is 18.7. The highest BCUT2D eigenvalue weighted by atomic mass is 35.5. The van der Waals surface area contributed by atoms with Crippen molar-refractivity contribution in [2.75, 3.05) is 19.8 Å². The molecule has 1 atom stereocenters. The summed E-state index contributed by atoms with van der Waals surface area (Å²) in [5.74, 6) is -2.66. The lowest BCUT2D eigenvalue weighted by Crippen LogP contribution is -2.33. The van der Waals surface area contributed by atoms with Gasteiger partial charge in [0.1, 0.15) is 0 Å². The Bertz CT molecular complexity index is 836. The first-order valence-corrected chi connectivity index (χ1v) is 9.85. The second kappa shape index (κ2) is 7.40. The van der Waals surface area contributed by atoms with Crippen LogP contribution in [-0.2, 0) is 4.74 Å². The third-order valence-electron chi connectivity index (χ3n) is 5.74. The second-order valence-electron chi connectivity index (χ2n) is 7.61. The summed E-state index contributed by atoms with van der Waals surface area (Å²) in [6, 6.07) is 5.80. The van der Waals surface area contributed by atoms with Crippen molar-refractivity contribution in [3.8, 4) is 0 Å². The molecule has 2 aliphatic rings. The maximum Gasteiger partial charge on any atom is 0.253 e. The fraction of sp³-hybridized carbons (Fsp3) is 0.550. The summed E-state index contributed by atoms with van der Waals surface area (Å²) >= 11 is 6.40. The SMILES string of the molecule is O=C(NCC1CCC(F)(F)CC1)c1cn(C2CCOC2)c2cccc(Cl)c12. The number of carbonyl (C=O) groups is 1. The molecule has 1 aliphatic carbocycles. The lowest BCUT2D eigenvalue weighted by molar-refractivity contribution is -0.0452. The molecule has 2 heterocycles. The van der Waals surface area contributed by atoms with Gasteiger partial charge in [0.05, 0.1) is 28.8 Å². The van der Waals surface area contributed by atoms with Crippen LogP contribution in [0.4, 0.5) is 8.78 Å². The number of amides is 1. The van der Waals surface area contributed by atoms with Gasteiger partial charge in [-0.05, 0) is 37.3 Å². The van der Waals surface area contributed by atoms with Gasteiger partial charge >= 0.3 is 0 Å². The molecule has 4 rings (SSSR count). The third kappa shape index (κ3) is 3.83. The van der Waals surface area contributed by atoms with Crippen LogP contribution in [0.5, 0.6) is 0 Å². The van der Waals surface area contributed by atoms with Gasteiger partial charge in [-0.3, -0.25) is 4.79 Å². The van der Waals surface area contributed by atoms with Crippen molar-refractivity contribution in [2.45, 2.75) is 44.1 Å². The van der Waals surface area contributed by atoms with Crippen molar-refractivity contribution in [1.82, 2.24) is 9.88 Å². The smallest absolute Gasteiger partial charge is 0.253 e. The van der Waals surface area contributed by atoms with E-state index in [1.54, 1.807) is 6.07 Å². The number of aromatic nitrogens is 1. The molecule has 2 fully saturated rings. The van der Waals surface area contributed by atoms with Crippen LogP contribution < -0.4 is 5.32 Å². The minimum atomic E-state index is -2.55. The molecule has 1 unspecified atom stereocenters. The number of halogens is 3. The predicted octanol–water partition coefficient (Wildman–Crippen LogP) is 4.81. The molecule has 1 N–H and O–H groups in total. The molecule has 0 spiro atoms. The first-order chi connectivity index (χ1) is 12.9. The summed E-state index contributed by atoms with van der Waals surface area (Å²) in [4.78, 5) is 12.8. The van der Waals surface area contributed by atoms with Crippen LogP contribution in [0.1, 0.15) is 48.5 Å². The Hall–Kier alpha value is -1.66. The molecular formula is C20H23ClF2N2O2. The maximum absolute atomic E-state index is 13.3. The fourth-order valence-electron chi connectivity index (χ4n) is 4.12. The molecule has 1 saturated heterocycles. The molecule has 1 aliphatic heterocycles. The van der Waals surface area contributed by atoms with Crippen LogP contribution in [0.3, 0.4) is 0 Å². The lowest BCUT2D eigenvalue weighted by atomic mass is 9.87. The monoisotopic (exact) mass is 396 g/mol. The standard InChI is InChI=1S/C20H23ClF2N2O2/c21-16-2-1-3-17-18(16)15(11-25(17)14-6-9-27-12-14)19(26)24-10-13-4-7-20(22,23)8-5-13/h1-3,11,13-14H,4-10,12H2,(H,24,26). The first-order valence-electron chi connectivity index (χ1n) is 9.47. The van der Waals surface area contributed by atoms with E-state index in [-0.39, 0.29) is 30.7 Å². The number of nitrogens with one attached hydrogen (secondary N) is 1. The third-order valence-corrected chi connectivity index (χ3v) is 6.05. The second-order valence-corrected chi connectivity index (χ2v) is 8.02. The summed E-state index contributed by atoms with van der Waals surface area (Å²) < 4.78 is 34.2. The number of hydrogen-bond acceptors (Lipinski definition) is 2. The van der Waals surface area contributed by atoms with Crippen molar-refractivity contribution >= 4 is 28.4 Å². The van der Waals surface area contributed by atoms with E-state index in [9.17, 15) is 13.6 Å². The Kier molecular flexibility index (Phi) is 5.12. The van der Waals surface area contributed by atoms with Crippen molar-refractivity contribution < 1.29 is 18.3 Å². The van der Waals surface area contributed by atoms with E-state index >= 15 is 0 Å². The fourth-order valence-corrected chi connectivity index (χ4v) is 4.39. The van der Waals surface area contributed by atoms with Crippen LogP contribution in [0.2, 0.25) is 5.02 Å². The van der Waals surface area contributed by atoms with E-state index in [4.69, 9.17) is 16.3 Å². The number of benzene rings is 1. The van der Waals surface area contributed by atoms with Gasteiger partial charge in [-0.2, -0.15) is 0 Å². The normalized spacial score (nSPS) is 23.0. The van der Waals surface area contributed by atoms with E-state index in [0.717, 1.165) is 17.3 Å². The van der Waals surface area contributed by atoms with Gasteiger partial charge in [-0.25, -0.2) is 8.78 Å². The van der Waals surface area contributed by atoms with E-state index in [1.807, 2.05) is 18.3 Å². The zero-order chi connectivity index (χ0) is 19.0. The molecule has 1 aromatic heterocycles. The summed E-state index contributed by atoms with van der Waals surface area (Å²) in [6.07, 6.45) is 3.43. The summed E-state index contributed by atoms with van der Waals surface area (Å²) in [6.45, 7) is 1.74. The molecule has 7 heteroatoms. The van der Waals surface area contributed by atoms with Crippen LogP contribution in [0.25, 0.3) is 10.9 Å². The van der Waals surface area contributed by atoms with Gasteiger partial charge in [0.15, 0.2) is 0 Å². The van der Waals surface area contributed by atoms with Crippen LogP contribution >= 0.6 is 11.6 Å². The molecule has 146 valence electrons. The number of hydrogen-bond donors (Lipinski definition) is 1. The zero-order valence-electron chi connectivity index (χ0n) is 15.0. The number of carbonyl (C=O) groups excluding carboxylic acids is 1. The van der Waals surface area contributed by atoms with Gasteiger partial charge in [0, 0.05) is 37.6 Å². The number of alkyl halides is 2. The number of fused-ring (bicyclic) bond motifs is 1. The molecular weight excluding hydrogens is 374 g/mol. The van der Waals surface area contributed by atoms with Gasteiger partial charge < -0.3 is 14.6 Å². The number of rotatable bonds is 4. The topological polar surface area (TPSA) is 43.3 Å². The molecule has 1 aromatic carbocycles. The molecule has 2 aromatic rings. The van der Waals surface area contributed by atoms with Gasteiger partial charge in [0.25, 0.3) is 5.91 Å². The molecule has 4 nitrogen and oxygen atoms in total. The maximum atomic E-state index is 13.3. The minimum absolute atomic E-state index is 0.0969. The average Bonchev–Trinajstić information content (AvgIpc) is 3.28. The van der Waals surface area contributed by atoms with E-state index in [0.29, 0.717) is 43.2 Å². The molecule has 0 radical (unpaired) electrons. The molecule has 0 bridgehead atoms. The largest absolute Gasteiger partial charge is 0.379 e. The quantitative estimate of drug-likeness (QED) is 0.805. The van der Waals surface area contributed by atoms with Gasteiger partial charge in [-0.1, -0.05) is 17.7 Å². The van der Waals surface area contributed by atoms with Crippen molar-refractivity contribution in [1.29, 1.82) is 0 Å². The highest BCUT2D eigenvalue weighted by molar-refractivity contribution is 6.36. The highest BCUT2D eigenvalue weighted by Gasteiger charge is 2.35. The van der Waals surface area contributed by atoms with E-state index < -0.39 is 5.92 Å². The molecule has 27 heavy (non-hydrogen) atoms. The number of ether oxygens (including phenoxy) is 1. The molecule has 1 saturated carbocycles. The predicted molar refractivity (Wildman–Crippen MR) is 101 cm³/mol. The Labute approximate surface area is 161 Å². The summed E-state index contributed by atoms with van der Waals surface area (Å²) in [7, 11) is 0. The van der Waals surface area contributed by atoms with Gasteiger partial charge in [-0.15, -0.1) is 0 Å². The Morgan fingerprint density at radius 2 is 2.07 bits per heavy atom. The molecule has 1 amide bonds. The van der Waals surface area contributed by atoms with Crippen molar-refractivity contribution in [2.24, 2.45) is 5.92 Å². The Morgan fingerprint density at radius 3 is 2.78 bits per heavy atom. The summed E-state index contributed by atoms with van der Waals surface area (Å²) in [5, 5.41) is 4.20. The van der Waals surface area contributed by atoms with Crippen LogP contribution in [0.15, 0.2) is 24.4 Å². The Balaban J connectivity index is 1.53. The van der Waals surface area contributed by atoms with Crippen molar-refractivity contribution in [3.05, 3.63) is 35.0 Å². The van der Waals surface area contributed by atoms with E-state index in [1.165, 1.54) is 0 Å².